The van der Waals surface area contributed by atoms with Gasteiger partial charge >= 0.3 is 0 Å². The average molecular weight is 430 g/mol. The molecule has 2 amide bonds. The molecule has 2 aliphatic rings. The Labute approximate surface area is 177 Å². The predicted octanol–water partition coefficient (Wildman–Crippen LogP) is 2.86. The van der Waals surface area contributed by atoms with E-state index in [9.17, 15) is 9.59 Å². The lowest BCUT2D eigenvalue weighted by Gasteiger charge is -2.58. The predicted molar refractivity (Wildman–Crippen MR) is 113 cm³/mol. The number of nitrogens with two attached hydrogens (primary N) is 1. The van der Waals surface area contributed by atoms with Crippen molar-refractivity contribution in [1.29, 1.82) is 0 Å². The van der Waals surface area contributed by atoms with Crippen molar-refractivity contribution in [1.82, 2.24) is 4.90 Å². The zero-order valence-electron chi connectivity index (χ0n) is 16.8. The van der Waals surface area contributed by atoms with Crippen LogP contribution < -0.4 is 10.6 Å². The number of hydrogen-bond acceptors (Lipinski definition) is 4. The summed E-state index contributed by atoms with van der Waals surface area (Å²) in [7, 11) is 1.67. The van der Waals surface area contributed by atoms with Gasteiger partial charge in [-0.1, -0.05) is 37.6 Å². The van der Waals surface area contributed by atoms with Gasteiger partial charge in [0.2, 0.25) is 11.8 Å². The number of likely N-dealkylation sites (N-methyl/N-ethyl adjacent to an activating group) is 1. The molecule has 0 bridgehead atoms. The standard InChI is InChI=1S/C20H28ClN3O3.ClH/c1-5-27-16-12-20(22,19(16,2)3)18(26)23(4)15-10-11-24(17(15)25)14-9-7-6-8-13(14)21;/h6-9,15-16H,5,10-12,22H2,1-4H3;1H. The minimum absolute atomic E-state index is 0. The molecule has 156 valence electrons. The molecule has 2 fully saturated rings. The topological polar surface area (TPSA) is 75.9 Å². The fourth-order valence-corrected chi connectivity index (χ4v) is 4.43. The number of amides is 2. The van der Waals surface area contributed by atoms with Crippen LogP contribution in [0.2, 0.25) is 5.02 Å². The Morgan fingerprint density at radius 3 is 2.61 bits per heavy atom. The largest absolute Gasteiger partial charge is 0.378 e. The van der Waals surface area contributed by atoms with Gasteiger partial charge in [0.1, 0.15) is 11.6 Å². The lowest BCUT2D eigenvalue weighted by Crippen LogP contribution is -2.76. The van der Waals surface area contributed by atoms with Crippen molar-refractivity contribution in [3.63, 3.8) is 0 Å². The molecule has 3 rings (SSSR count). The van der Waals surface area contributed by atoms with E-state index in [-0.39, 0.29) is 30.3 Å². The summed E-state index contributed by atoms with van der Waals surface area (Å²) in [6.07, 6.45) is 0.966. The smallest absolute Gasteiger partial charge is 0.249 e. The molecule has 0 spiro atoms. The van der Waals surface area contributed by atoms with Gasteiger partial charge in [-0.2, -0.15) is 0 Å². The Bertz CT molecular complexity index is 758. The van der Waals surface area contributed by atoms with Gasteiger partial charge < -0.3 is 20.3 Å². The Hall–Kier alpha value is -1.34. The van der Waals surface area contributed by atoms with E-state index in [0.29, 0.717) is 36.7 Å². The van der Waals surface area contributed by atoms with Crippen LogP contribution in [0.25, 0.3) is 0 Å². The first kappa shape index (κ1) is 22.9. The van der Waals surface area contributed by atoms with Crippen LogP contribution in [0.5, 0.6) is 0 Å². The van der Waals surface area contributed by atoms with Crippen molar-refractivity contribution in [2.45, 2.75) is 51.3 Å². The van der Waals surface area contributed by atoms with Crippen LogP contribution >= 0.6 is 24.0 Å². The monoisotopic (exact) mass is 429 g/mol. The zero-order valence-corrected chi connectivity index (χ0v) is 18.3. The summed E-state index contributed by atoms with van der Waals surface area (Å²) >= 11 is 6.24. The molecule has 3 atom stereocenters. The SMILES string of the molecule is CCOC1CC(N)(C(=O)N(C)C2CCN(c3ccccc3Cl)C2=O)C1(C)C.Cl. The second-order valence-electron chi connectivity index (χ2n) is 8.00. The minimum Gasteiger partial charge on any atom is -0.378 e. The van der Waals surface area contributed by atoms with E-state index in [1.165, 1.54) is 4.90 Å². The van der Waals surface area contributed by atoms with Gasteiger partial charge in [0.25, 0.3) is 0 Å². The molecule has 1 saturated heterocycles. The van der Waals surface area contributed by atoms with Gasteiger partial charge in [0.15, 0.2) is 0 Å². The molecular formula is C20H29Cl2N3O3. The number of carbonyl (C=O) groups excluding carboxylic acids is 2. The van der Waals surface area contributed by atoms with E-state index >= 15 is 0 Å². The van der Waals surface area contributed by atoms with Gasteiger partial charge in [-0.3, -0.25) is 9.59 Å². The summed E-state index contributed by atoms with van der Waals surface area (Å²) in [6.45, 7) is 6.95. The molecule has 0 radical (unpaired) electrons. The highest BCUT2D eigenvalue weighted by atomic mass is 35.5. The van der Waals surface area contributed by atoms with Crippen molar-refractivity contribution < 1.29 is 14.3 Å². The number of nitrogens with zero attached hydrogens (tertiary/aromatic N) is 2. The van der Waals surface area contributed by atoms with Crippen LogP contribution in [-0.4, -0.2) is 54.6 Å². The van der Waals surface area contributed by atoms with Crippen LogP contribution in [0.15, 0.2) is 24.3 Å². The van der Waals surface area contributed by atoms with Crippen molar-refractivity contribution in [3.8, 4) is 0 Å². The third-order valence-electron chi connectivity index (χ3n) is 6.32. The van der Waals surface area contributed by atoms with Crippen molar-refractivity contribution in [2.75, 3.05) is 25.1 Å². The first-order chi connectivity index (χ1) is 12.6. The van der Waals surface area contributed by atoms with Crippen LogP contribution in [0.4, 0.5) is 5.69 Å². The molecule has 1 saturated carbocycles. The highest BCUT2D eigenvalue weighted by Crippen LogP contribution is 2.50. The van der Waals surface area contributed by atoms with Gasteiger partial charge in [0, 0.05) is 32.0 Å². The van der Waals surface area contributed by atoms with Crippen molar-refractivity contribution >= 4 is 41.5 Å². The van der Waals surface area contributed by atoms with E-state index in [1.807, 2.05) is 39.0 Å². The van der Waals surface area contributed by atoms with E-state index < -0.39 is 17.0 Å². The van der Waals surface area contributed by atoms with Crippen molar-refractivity contribution in [3.05, 3.63) is 29.3 Å². The van der Waals surface area contributed by atoms with Gasteiger partial charge in [-0.05, 0) is 25.5 Å². The maximum absolute atomic E-state index is 13.2. The lowest BCUT2D eigenvalue weighted by molar-refractivity contribution is -0.180. The number of rotatable bonds is 5. The van der Waals surface area contributed by atoms with E-state index in [2.05, 4.69) is 0 Å². The maximum Gasteiger partial charge on any atom is 0.249 e. The fourth-order valence-electron chi connectivity index (χ4n) is 4.19. The van der Waals surface area contributed by atoms with Crippen LogP contribution in [0.1, 0.15) is 33.6 Å². The number of hydrogen-bond donors (Lipinski definition) is 1. The van der Waals surface area contributed by atoms with Crippen molar-refractivity contribution in [2.24, 2.45) is 11.1 Å². The van der Waals surface area contributed by atoms with Gasteiger partial charge in [-0.15, -0.1) is 12.4 Å². The summed E-state index contributed by atoms with van der Waals surface area (Å²) < 4.78 is 5.71. The summed E-state index contributed by atoms with van der Waals surface area (Å²) in [6, 6.07) is 6.71. The summed E-state index contributed by atoms with van der Waals surface area (Å²) in [5.41, 5.74) is 5.67. The first-order valence-corrected chi connectivity index (χ1v) is 9.76. The number of benzene rings is 1. The van der Waals surface area contributed by atoms with E-state index in [4.69, 9.17) is 22.1 Å². The number of para-hydroxylation sites is 1. The molecule has 8 heteroatoms. The Morgan fingerprint density at radius 1 is 1.39 bits per heavy atom. The molecule has 0 aromatic heterocycles. The van der Waals surface area contributed by atoms with Gasteiger partial charge in [0.05, 0.1) is 16.8 Å². The van der Waals surface area contributed by atoms with E-state index in [0.717, 1.165) is 0 Å². The number of ether oxygens (including phenoxy) is 1. The summed E-state index contributed by atoms with van der Waals surface area (Å²) in [4.78, 5) is 29.3. The normalized spacial score (nSPS) is 28.5. The molecule has 1 aliphatic heterocycles. The zero-order chi connectivity index (χ0) is 20.0. The quantitative estimate of drug-likeness (QED) is 0.780. The van der Waals surface area contributed by atoms with E-state index in [1.54, 1.807) is 18.0 Å². The fraction of sp³-hybridized carbons (Fsp3) is 0.600. The van der Waals surface area contributed by atoms with Crippen LogP contribution in [-0.2, 0) is 14.3 Å². The number of carbonyl (C=O) groups is 2. The molecule has 28 heavy (non-hydrogen) atoms. The number of anilines is 1. The second kappa shape index (κ2) is 8.19. The maximum atomic E-state index is 13.2. The molecule has 1 heterocycles. The third-order valence-corrected chi connectivity index (χ3v) is 6.64. The average Bonchev–Trinajstić information content (AvgIpc) is 3.01. The number of halogens is 2. The highest BCUT2D eigenvalue weighted by molar-refractivity contribution is 6.34. The Balaban J connectivity index is 0.00000280. The highest BCUT2D eigenvalue weighted by Gasteiger charge is 2.64. The molecule has 3 unspecified atom stereocenters. The van der Waals surface area contributed by atoms with Crippen LogP contribution in [0, 0.1) is 5.41 Å². The van der Waals surface area contributed by atoms with Crippen LogP contribution in [0.3, 0.4) is 0 Å². The Morgan fingerprint density at radius 2 is 2.04 bits per heavy atom. The Kier molecular flexibility index (Phi) is 6.71. The minimum atomic E-state index is -1.03. The first-order valence-electron chi connectivity index (χ1n) is 9.38. The lowest BCUT2D eigenvalue weighted by atomic mass is 9.54. The molecular weight excluding hydrogens is 401 g/mol. The molecule has 1 aliphatic carbocycles. The molecule has 1 aromatic rings. The molecule has 1 aromatic carbocycles. The third kappa shape index (κ3) is 3.41. The molecule has 6 nitrogen and oxygen atoms in total. The summed E-state index contributed by atoms with van der Waals surface area (Å²) in [5.74, 6) is -0.330. The molecule has 2 N–H and O–H groups in total. The van der Waals surface area contributed by atoms with Gasteiger partial charge in [-0.25, -0.2) is 0 Å². The summed E-state index contributed by atoms with van der Waals surface area (Å²) in [5, 5.41) is 0.524. The second-order valence-corrected chi connectivity index (χ2v) is 8.41.